The summed E-state index contributed by atoms with van der Waals surface area (Å²) in [6, 6.07) is 7.06. The van der Waals surface area contributed by atoms with Gasteiger partial charge in [-0.1, -0.05) is 24.3 Å². The number of urea groups is 2. The number of nitrogens with zero attached hydrogens (tertiary/aromatic N) is 2. The first-order valence-corrected chi connectivity index (χ1v) is 6.64. The Morgan fingerprint density at radius 3 is 1.67 bits per heavy atom. The van der Waals surface area contributed by atoms with Gasteiger partial charge >= 0.3 is 12.1 Å². The van der Waals surface area contributed by atoms with Crippen molar-refractivity contribution in [3.8, 4) is 0 Å². The average molecular weight is 292 g/mol. The molecule has 0 spiro atoms. The topological polar surface area (TPSA) is 73.9 Å². The summed E-state index contributed by atoms with van der Waals surface area (Å²) in [5.74, 6) is 0. The van der Waals surface area contributed by atoms with Gasteiger partial charge in [-0.15, -0.1) is 0 Å². The number of carbonyl (C=O) groups is 2. The second kappa shape index (κ2) is 6.01. The maximum Gasteiger partial charge on any atom is 0.319 e. The largest absolute Gasteiger partial charge is 0.341 e. The molecule has 2 unspecified atom stereocenters. The minimum Gasteiger partial charge on any atom is -0.341 e. The van der Waals surface area contributed by atoms with Crippen LogP contribution in [0.2, 0.25) is 0 Å². The molecule has 7 heteroatoms. The van der Waals surface area contributed by atoms with Gasteiger partial charge in [0, 0.05) is 39.3 Å². The molecule has 1 aromatic rings. The van der Waals surface area contributed by atoms with Crippen LogP contribution in [0.1, 0.15) is 23.6 Å². The molecule has 0 aliphatic carbocycles. The fourth-order valence-electron chi connectivity index (χ4n) is 2.39. The van der Waals surface area contributed by atoms with Gasteiger partial charge in [-0.25, -0.2) is 9.59 Å². The summed E-state index contributed by atoms with van der Waals surface area (Å²) in [6.07, 6.45) is -1.06. The molecule has 1 aliphatic heterocycles. The van der Waals surface area contributed by atoms with Crippen LogP contribution in [0, 0.1) is 0 Å². The number of rotatable bonds is 2. The predicted octanol–water partition coefficient (Wildman–Crippen LogP) is 1.26. The monoisotopic (exact) mass is 292 g/mol. The van der Waals surface area contributed by atoms with Crippen molar-refractivity contribution in [1.82, 2.24) is 20.4 Å². The molecule has 2 N–H and O–H groups in total. The maximum atomic E-state index is 11.8. The Morgan fingerprint density at radius 2 is 1.33 bits per heavy atom. The lowest BCUT2D eigenvalue weighted by Gasteiger charge is -2.28. The number of carbonyl (C=O) groups excluding carboxylic acids is 2. The van der Waals surface area contributed by atoms with Gasteiger partial charge in [0.2, 0.25) is 0 Å². The number of benzene rings is 1. The highest BCUT2D eigenvalue weighted by Gasteiger charge is 2.38. The van der Waals surface area contributed by atoms with Gasteiger partial charge in [0.05, 0.1) is 0 Å². The van der Waals surface area contributed by atoms with Crippen molar-refractivity contribution in [2.75, 3.05) is 28.2 Å². The maximum absolute atomic E-state index is 11.8. The highest BCUT2D eigenvalue weighted by molar-refractivity contribution is 5.75. The van der Waals surface area contributed by atoms with Crippen molar-refractivity contribution in [2.24, 2.45) is 0 Å². The van der Waals surface area contributed by atoms with E-state index in [0.29, 0.717) is 0 Å². The lowest BCUT2D eigenvalue weighted by atomic mass is 10.1. The fourth-order valence-corrected chi connectivity index (χ4v) is 2.39. The molecule has 0 saturated heterocycles. The molecule has 0 radical (unpaired) electrons. The number of nitrogens with one attached hydrogen (secondary N) is 2. The van der Waals surface area contributed by atoms with E-state index in [0.717, 1.165) is 11.1 Å². The highest BCUT2D eigenvalue weighted by atomic mass is 16.5. The third kappa shape index (κ3) is 2.64. The second-order valence-electron chi connectivity index (χ2n) is 4.80. The van der Waals surface area contributed by atoms with Gasteiger partial charge in [0.25, 0.3) is 0 Å². The van der Waals surface area contributed by atoms with Gasteiger partial charge in [0.15, 0.2) is 12.5 Å². The molecule has 0 bridgehead atoms. The number of amides is 4. The molecule has 1 heterocycles. The summed E-state index contributed by atoms with van der Waals surface area (Å²) < 4.78 is 5.93. The second-order valence-corrected chi connectivity index (χ2v) is 4.80. The van der Waals surface area contributed by atoms with Crippen molar-refractivity contribution in [3.05, 3.63) is 35.4 Å². The third-order valence-electron chi connectivity index (χ3n) is 3.56. The van der Waals surface area contributed by atoms with Crippen LogP contribution in [-0.4, -0.2) is 50.1 Å². The molecular formula is C14H20N4O3. The number of fused-ring (bicyclic) bond motifs is 1. The molecule has 0 saturated carbocycles. The standard InChI is InChI=1S/C14H20N4O3/c1-15-13(19)17(3)11-9-7-5-6-8-10(9)12(21-11)18(4)14(20)16-2/h5-8,11-12H,1-4H3,(H,15,19)(H,16,20). The first-order valence-electron chi connectivity index (χ1n) is 6.64. The molecule has 2 rings (SSSR count). The predicted molar refractivity (Wildman–Crippen MR) is 77.4 cm³/mol. The van der Waals surface area contributed by atoms with Crippen molar-refractivity contribution in [3.63, 3.8) is 0 Å². The van der Waals surface area contributed by atoms with Crippen LogP contribution in [0.25, 0.3) is 0 Å². The normalized spacial score (nSPS) is 19.6. The van der Waals surface area contributed by atoms with Gasteiger partial charge in [-0.05, 0) is 0 Å². The minimum atomic E-state index is -0.529. The average Bonchev–Trinajstić information content (AvgIpc) is 2.91. The summed E-state index contributed by atoms with van der Waals surface area (Å²) in [5.41, 5.74) is 1.76. The van der Waals surface area contributed by atoms with Crippen LogP contribution in [0.5, 0.6) is 0 Å². The lowest BCUT2D eigenvalue weighted by Crippen LogP contribution is -2.40. The van der Waals surface area contributed by atoms with E-state index < -0.39 is 12.5 Å². The molecule has 1 aliphatic rings. The zero-order valence-corrected chi connectivity index (χ0v) is 12.6. The van der Waals surface area contributed by atoms with E-state index in [9.17, 15) is 9.59 Å². The Kier molecular flexibility index (Phi) is 4.32. The summed E-state index contributed by atoms with van der Waals surface area (Å²) in [4.78, 5) is 26.6. The molecule has 21 heavy (non-hydrogen) atoms. The molecule has 0 fully saturated rings. The summed E-state index contributed by atoms with van der Waals surface area (Å²) in [5, 5.41) is 5.13. The molecule has 114 valence electrons. The number of ether oxygens (including phenoxy) is 1. The zero-order chi connectivity index (χ0) is 15.6. The van der Waals surface area contributed by atoms with Crippen molar-refractivity contribution >= 4 is 12.1 Å². The molecule has 4 amide bonds. The van der Waals surface area contributed by atoms with Crippen LogP contribution >= 0.6 is 0 Å². The van der Waals surface area contributed by atoms with Gasteiger partial charge in [-0.3, -0.25) is 9.80 Å². The zero-order valence-electron chi connectivity index (χ0n) is 12.6. The van der Waals surface area contributed by atoms with Crippen LogP contribution in [0.3, 0.4) is 0 Å². The van der Waals surface area contributed by atoms with Gasteiger partial charge < -0.3 is 15.4 Å². The molecule has 2 atom stereocenters. The summed E-state index contributed by atoms with van der Waals surface area (Å²) in [6.45, 7) is 0. The summed E-state index contributed by atoms with van der Waals surface area (Å²) in [7, 11) is 6.44. The van der Waals surface area contributed by atoms with E-state index in [1.807, 2.05) is 24.3 Å². The van der Waals surface area contributed by atoms with E-state index in [1.54, 1.807) is 28.2 Å². The lowest BCUT2D eigenvalue weighted by molar-refractivity contribution is -0.101. The Hall–Kier alpha value is -2.28. The van der Waals surface area contributed by atoms with Crippen LogP contribution in [-0.2, 0) is 4.74 Å². The Bertz CT molecular complexity index is 502. The third-order valence-corrected chi connectivity index (χ3v) is 3.56. The Balaban J connectivity index is 2.33. The van der Waals surface area contributed by atoms with Crippen molar-refractivity contribution in [1.29, 1.82) is 0 Å². The Morgan fingerprint density at radius 1 is 0.952 bits per heavy atom. The van der Waals surface area contributed by atoms with Crippen LogP contribution in [0.4, 0.5) is 9.59 Å². The van der Waals surface area contributed by atoms with Gasteiger partial charge in [0.1, 0.15) is 0 Å². The fraction of sp³-hybridized carbons (Fsp3) is 0.429. The molecule has 1 aromatic carbocycles. The van der Waals surface area contributed by atoms with E-state index in [1.165, 1.54) is 9.80 Å². The highest BCUT2D eigenvalue weighted by Crippen LogP contribution is 2.41. The molecule has 7 nitrogen and oxygen atoms in total. The van der Waals surface area contributed by atoms with Crippen molar-refractivity contribution < 1.29 is 14.3 Å². The van der Waals surface area contributed by atoms with Crippen LogP contribution < -0.4 is 10.6 Å². The van der Waals surface area contributed by atoms with Crippen molar-refractivity contribution in [2.45, 2.75) is 12.5 Å². The number of hydrogen-bond donors (Lipinski definition) is 2. The Labute approximate surface area is 123 Å². The first-order chi connectivity index (χ1) is 10.0. The SMILES string of the molecule is CNC(=O)N(C)C1OC(N(C)C(=O)NC)c2ccccc21. The first kappa shape index (κ1) is 15.1. The smallest absolute Gasteiger partial charge is 0.319 e. The quantitative estimate of drug-likeness (QED) is 0.861. The molecule has 0 aromatic heterocycles. The number of hydrogen-bond acceptors (Lipinski definition) is 3. The minimum absolute atomic E-state index is 0.252. The van der Waals surface area contributed by atoms with E-state index in [-0.39, 0.29) is 12.1 Å². The van der Waals surface area contributed by atoms with E-state index >= 15 is 0 Å². The summed E-state index contributed by atoms with van der Waals surface area (Å²) >= 11 is 0. The molecular weight excluding hydrogens is 272 g/mol. The van der Waals surface area contributed by atoms with Gasteiger partial charge in [-0.2, -0.15) is 0 Å². The van der Waals surface area contributed by atoms with E-state index in [4.69, 9.17) is 4.74 Å². The van der Waals surface area contributed by atoms with Crippen LogP contribution in [0.15, 0.2) is 24.3 Å². The van der Waals surface area contributed by atoms with E-state index in [2.05, 4.69) is 10.6 Å².